The number of hydrogen-bond donors (Lipinski definition) is 2. The van der Waals surface area contributed by atoms with Crippen molar-refractivity contribution in [2.24, 2.45) is 5.73 Å². The van der Waals surface area contributed by atoms with Gasteiger partial charge in [0.15, 0.2) is 0 Å². The molecule has 2 rings (SSSR count). The minimum atomic E-state index is -0.525. The molecule has 0 aliphatic rings. The van der Waals surface area contributed by atoms with Gasteiger partial charge in [0.1, 0.15) is 0 Å². The molecule has 0 aliphatic carbocycles. The van der Waals surface area contributed by atoms with Gasteiger partial charge in [-0.05, 0) is 24.6 Å². The Morgan fingerprint density at radius 2 is 2.22 bits per heavy atom. The Balaban J connectivity index is 2.18. The molecule has 2 aromatic rings. The molecule has 0 spiro atoms. The van der Waals surface area contributed by atoms with Crippen LogP contribution in [0.1, 0.15) is 12.5 Å². The van der Waals surface area contributed by atoms with Crippen LogP contribution in [-0.2, 0) is 11.3 Å². The second-order valence-corrected chi connectivity index (χ2v) is 4.14. The molecule has 1 aromatic heterocycles. The Hall–Kier alpha value is -2.14. The van der Waals surface area contributed by atoms with Crippen LogP contribution in [0.5, 0.6) is 0 Å². The van der Waals surface area contributed by atoms with E-state index in [0.717, 1.165) is 11.3 Å². The van der Waals surface area contributed by atoms with E-state index in [0.29, 0.717) is 6.54 Å². The van der Waals surface area contributed by atoms with Gasteiger partial charge >= 0.3 is 0 Å². The number of hydrogen-bond acceptors (Lipinski definition) is 3. The third-order valence-electron chi connectivity index (χ3n) is 2.58. The van der Waals surface area contributed by atoms with Crippen molar-refractivity contribution in [2.45, 2.75) is 19.5 Å². The van der Waals surface area contributed by atoms with Crippen molar-refractivity contribution in [3.63, 3.8) is 0 Å². The first-order chi connectivity index (χ1) is 8.66. The minimum absolute atomic E-state index is 0.192. The van der Waals surface area contributed by atoms with E-state index in [-0.39, 0.29) is 5.91 Å². The zero-order valence-corrected chi connectivity index (χ0v) is 10.2. The predicted molar refractivity (Wildman–Crippen MR) is 70.1 cm³/mol. The molecule has 1 aromatic carbocycles. The highest BCUT2D eigenvalue weighted by molar-refractivity contribution is 5.95. The van der Waals surface area contributed by atoms with E-state index >= 15 is 0 Å². The third-order valence-corrected chi connectivity index (χ3v) is 2.58. The predicted octanol–water partition coefficient (Wildman–Crippen LogP) is 1.22. The molecule has 5 heteroatoms. The van der Waals surface area contributed by atoms with Gasteiger partial charge in [0.05, 0.1) is 12.6 Å². The first-order valence-corrected chi connectivity index (χ1v) is 5.78. The number of amides is 1. The van der Waals surface area contributed by atoms with Gasteiger partial charge in [0.25, 0.3) is 0 Å². The van der Waals surface area contributed by atoms with Crippen LogP contribution in [0.15, 0.2) is 42.7 Å². The number of aromatic nitrogens is 2. The van der Waals surface area contributed by atoms with Gasteiger partial charge in [-0.3, -0.25) is 9.48 Å². The maximum atomic E-state index is 11.6. The highest BCUT2D eigenvalue weighted by Gasteiger charge is 2.10. The zero-order chi connectivity index (χ0) is 13.0. The van der Waals surface area contributed by atoms with Crippen molar-refractivity contribution in [1.82, 2.24) is 9.78 Å². The van der Waals surface area contributed by atoms with Crippen molar-refractivity contribution in [3.05, 3.63) is 48.3 Å². The first kappa shape index (κ1) is 12.3. The standard InChI is InChI=1S/C13H16N4O/c1-10(14)13(18)16-12-6-3-2-5-11(12)9-17-8-4-7-15-17/h2-8,10H,9,14H2,1H3,(H,16,18)/t10-/m1/s1. The SMILES string of the molecule is C[C@@H](N)C(=O)Nc1ccccc1Cn1cccn1. The lowest BCUT2D eigenvalue weighted by Gasteiger charge is -2.12. The number of benzene rings is 1. The number of nitrogens with one attached hydrogen (secondary N) is 1. The molecule has 0 unspecified atom stereocenters. The van der Waals surface area contributed by atoms with Gasteiger partial charge in [-0.25, -0.2) is 0 Å². The number of carbonyl (C=O) groups is 1. The van der Waals surface area contributed by atoms with Crippen molar-refractivity contribution >= 4 is 11.6 Å². The summed E-state index contributed by atoms with van der Waals surface area (Å²) in [5, 5.41) is 6.96. The number of nitrogens with two attached hydrogens (primary N) is 1. The summed E-state index contributed by atoms with van der Waals surface area (Å²) in [6.45, 7) is 2.27. The lowest BCUT2D eigenvalue weighted by atomic mass is 10.1. The van der Waals surface area contributed by atoms with Crippen molar-refractivity contribution in [3.8, 4) is 0 Å². The summed E-state index contributed by atoms with van der Waals surface area (Å²) in [5.41, 5.74) is 7.31. The number of carbonyl (C=O) groups excluding carboxylic acids is 1. The smallest absolute Gasteiger partial charge is 0.241 e. The summed E-state index contributed by atoms with van der Waals surface area (Å²) in [6, 6.07) is 8.97. The highest BCUT2D eigenvalue weighted by atomic mass is 16.2. The van der Waals surface area contributed by atoms with E-state index in [1.807, 2.05) is 36.5 Å². The van der Waals surface area contributed by atoms with Gasteiger partial charge in [0.2, 0.25) is 5.91 Å². The topological polar surface area (TPSA) is 72.9 Å². The van der Waals surface area contributed by atoms with Crippen molar-refractivity contribution in [2.75, 3.05) is 5.32 Å². The summed E-state index contributed by atoms with van der Waals surface area (Å²) in [5.74, 6) is -0.192. The largest absolute Gasteiger partial charge is 0.324 e. The molecule has 0 fully saturated rings. The summed E-state index contributed by atoms with van der Waals surface area (Å²) < 4.78 is 1.80. The van der Waals surface area contributed by atoms with E-state index in [2.05, 4.69) is 10.4 Å². The van der Waals surface area contributed by atoms with Crippen LogP contribution in [0.4, 0.5) is 5.69 Å². The van der Waals surface area contributed by atoms with Gasteiger partial charge in [-0.1, -0.05) is 18.2 Å². The van der Waals surface area contributed by atoms with Gasteiger partial charge < -0.3 is 11.1 Å². The van der Waals surface area contributed by atoms with Crippen molar-refractivity contribution < 1.29 is 4.79 Å². The Bertz CT molecular complexity index is 520. The summed E-state index contributed by atoms with van der Waals surface area (Å²) in [6.07, 6.45) is 3.60. The second-order valence-electron chi connectivity index (χ2n) is 4.14. The molecule has 94 valence electrons. The molecular formula is C13H16N4O. The van der Waals surface area contributed by atoms with Crippen LogP contribution in [0, 0.1) is 0 Å². The molecule has 0 radical (unpaired) electrons. The molecule has 1 atom stereocenters. The molecule has 5 nitrogen and oxygen atoms in total. The summed E-state index contributed by atoms with van der Waals surface area (Å²) >= 11 is 0. The fraction of sp³-hybridized carbons (Fsp3) is 0.231. The highest BCUT2D eigenvalue weighted by Crippen LogP contribution is 2.16. The lowest BCUT2D eigenvalue weighted by molar-refractivity contribution is -0.117. The van der Waals surface area contributed by atoms with Gasteiger partial charge in [0, 0.05) is 18.1 Å². The number of rotatable bonds is 4. The molecule has 1 amide bonds. The van der Waals surface area contributed by atoms with E-state index in [9.17, 15) is 4.79 Å². The van der Waals surface area contributed by atoms with E-state index in [1.165, 1.54) is 0 Å². The molecule has 18 heavy (non-hydrogen) atoms. The van der Waals surface area contributed by atoms with Crippen molar-refractivity contribution in [1.29, 1.82) is 0 Å². The summed E-state index contributed by atoms with van der Waals surface area (Å²) in [4.78, 5) is 11.6. The van der Waals surface area contributed by atoms with Crippen LogP contribution in [0.25, 0.3) is 0 Å². The molecular weight excluding hydrogens is 228 g/mol. The molecule has 0 saturated carbocycles. The molecule has 3 N–H and O–H groups in total. The Kier molecular flexibility index (Phi) is 3.74. The van der Waals surface area contributed by atoms with Crippen LogP contribution in [0.2, 0.25) is 0 Å². The van der Waals surface area contributed by atoms with E-state index in [1.54, 1.807) is 17.8 Å². The van der Waals surface area contributed by atoms with Crippen LogP contribution in [0.3, 0.4) is 0 Å². The van der Waals surface area contributed by atoms with Gasteiger partial charge in [-0.15, -0.1) is 0 Å². The monoisotopic (exact) mass is 244 g/mol. The van der Waals surface area contributed by atoms with Crippen LogP contribution >= 0.6 is 0 Å². The Labute approximate surface area is 106 Å². The quantitative estimate of drug-likeness (QED) is 0.849. The van der Waals surface area contributed by atoms with E-state index < -0.39 is 6.04 Å². The number of nitrogens with zero attached hydrogens (tertiary/aromatic N) is 2. The molecule has 1 heterocycles. The summed E-state index contributed by atoms with van der Waals surface area (Å²) in [7, 11) is 0. The number of para-hydroxylation sites is 1. The molecule has 0 saturated heterocycles. The lowest BCUT2D eigenvalue weighted by Crippen LogP contribution is -2.32. The van der Waals surface area contributed by atoms with Crippen LogP contribution < -0.4 is 11.1 Å². The van der Waals surface area contributed by atoms with Gasteiger partial charge in [-0.2, -0.15) is 5.10 Å². The normalized spacial score (nSPS) is 12.1. The van der Waals surface area contributed by atoms with Crippen LogP contribution in [-0.4, -0.2) is 21.7 Å². The van der Waals surface area contributed by atoms with E-state index in [4.69, 9.17) is 5.73 Å². The maximum Gasteiger partial charge on any atom is 0.241 e. The second kappa shape index (κ2) is 5.46. The average molecular weight is 244 g/mol. The zero-order valence-electron chi connectivity index (χ0n) is 10.2. The Morgan fingerprint density at radius 1 is 1.44 bits per heavy atom. The first-order valence-electron chi connectivity index (χ1n) is 5.78. The maximum absolute atomic E-state index is 11.6. The minimum Gasteiger partial charge on any atom is -0.324 e. The fourth-order valence-corrected chi connectivity index (χ4v) is 1.60. The molecule has 0 aliphatic heterocycles. The molecule has 0 bridgehead atoms. The Morgan fingerprint density at radius 3 is 2.89 bits per heavy atom. The average Bonchev–Trinajstić information content (AvgIpc) is 2.84. The number of anilines is 1. The fourth-order valence-electron chi connectivity index (χ4n) is 1.60. The third kappa shape index (κ3) is 2.95.